The topological polar surface area (TPSA) is 46.3 Å². The lowest BCUT2D eigenvalue weighted by atomic mass is 10.00. The number of hydrogen-bond donors (Lipinski definition) is 1. The molecule has 2 aromatic carbocycles. The summed E-state index contributed by atoms with van der Waals surface area (Å²) in [6.07, 6.45) is 2.07. The van der Waals surface area contributed by atoms with Gasteiger partial charge in [-0.05, 0) is 54.3 Å². The van der Waals surface area contributed by atoms with Gasteiger partial charge in [0.1, 0.15) is 5.82 Å². The number of aryl methyl sites for hydroxylation is 1. The number of carbonyl (C=O) groups is 1. The third-order valence-electron chi connectivity index (χ3n) is 3.77. The maximum atomic E-state index is 13.2. The van der Waals surface area contributed by atoms with Crippen LogP contribution < -0.4 is 10.6 Å². The number of nitrogens with two attached hydrogens (primary N) is 1. The van der Waals surface area contributed by atoms with Crippen LogP contribution in [0.1, 0.15) is 17.5 Å². The quantitative estimate of drug-likeness (QED) is 0.862. The van der Waals surface area contributed by atoms with Gasteiger partial charge in [0.2, 0.25) is 5.91 Å². The monoisotopic (exact) mass is 284 g/mol. The molecule has 2 aromatic rings. The van der Waals surface area contributed by atoms with E-state index in [1.54, 1.807) is 17.0 Å². The molecule has 0 spiro atoms. The molecule has 0 bridgehead atoms. The number of halogens is 1. The number of amides is 1. The summed E-state index contributed by atoms with van der Waals surface area (Å²) in [5, 5.41) is 0. The summed E-state index contributed by atoms with van der Waals surface area (Å²) in [7, 11) is 0. The standard InChI is InChI=1S/C17H17FN2O/c18-14-5-1-3-12(9-14)10-17(21)20-8-2-4-13-11-15(19)6-7-16(13)20/h1,3,5-7,9,11H,2,4,8,10,19H2. The summed E-state index contributed by atoms with van der Waals surface area (Å²) in [6, 6.07) is 11.8. The van der Waals surface area contributed by atoms with Gasteiger partial charge in [-0.2, -0.15) is 0 Å². The van der Waals surface area contributed by atoms with Crippen LogP contribution in [0.5, 0.6) is 0 Å². The van der Waals surface area contributed by atoms with E-state index in [9.17, 15) is 9.18 Å². The van der Waals surface area contributed by atoms with Crippen LogP contribution in [0.25, 0.3) is 0 Å². The number of carbonyl (C=O) groups excluding carboxylic acids is 1. The van der Waals surface area contributed by atoms with Gasteiger partial charge in [-0.15, -0.1) is 0 Å². The number of rotatable bonds is 2. The van der Waals surface area contributed by atoms with E-state index in [0.29, 0.717) is 17.8 Å². The summed E-state index contributed by atoms with van der Waals surface area (Å²) in [4.78, 5) is 14.3. The van der Waals surface area contributed by atoms with Crippen molar-refractivity contribution in [1.29, 1.82) is 0 Å². The first-order valence-electron chi connectivity index (χ1n) is 7.07. The predicted molar refractivity (Wildman–Crippen MR) is 81.6 cm³/mol. The first kappa shape index (κ1) is 13.6. The van der Waals surface area contributed by atoms with Crippen molar-refractivity contribution < 1.29 is 9.18 Å². The van der Waals surface area contributed by atoms with E-state index in [2.05, 4.69) is 0 Å². The second-order valence-electron chi connectivity index (χ2n) is 5.34. The van der Waals surface area contributed by atoms with Crippen molar-refractivity contribution >= 4 is 17.3 Å². The molecule has 0 aromatic heterocycles. The fourth-order valence-electron chi connectivity index (χ4n) is 2.79. The Bertz CT molecular complexity index is 684. The Balaban J connectivity index is 1.83. The molecule has 108 valence electrons. The van der Waals surface area contributed by atoms with Crippen LogP contribution in [-0.4, -0.2) is 12.5 Å². The Morgan fingerprint density at radius 3 is 2.90 bits per heavy atom. The summed E-state index contributed by atoms with van der Waals surface area (Å²) < 4.78 is 13.2. The SMILES string of the molecule is Nc1ccc2c(c1)CCCN2C(=O)Cc1cccc(F)c1. The molecule has 1 heterocycles. The number of anilines is 2. The Kier molecular flexibility index (Phi) is 3.60. The van der Waals surface area contributed by atoms with Crippen molar-refractivity contribution in [2.24, 2.45) is 0 Å². The molecule has 0 fully saturated rings. The second kappa shape index (κ2) is 5.56. The molecule has 0 unspecified atom stereocenters. The molecular weight excluding hydrogens is 267 g/mol. The van der Waals surface area contributed by atoms with Crippen molar-refractivity contribution in [3.63, 3.8) is 0 Å². The molecule has 1 aliphatic heterocycles. The zero-order chi connectivity index (χ0) is 14.8. The van der Waals surface area contributed by atoms with Crippen molar-refractivity contribution in [2.75, 3.05) is 17.2 Å². The maximum Gasteiger partial charge on any atom is 0.231 e. The van der Waals surface area contributed by atoms with Gasteiger partial charge in [0.05, 0.1) is 6.42 Å². The van der Waals surface area contributed by atoms with Crippen molar-refractivity contribution in [3.05, 3.63) is 59.4 Å². The number of fused-ring (bicyclic) bond motifs is 1. The van der Waals surface area contributed by atoms with E-state index in [0.717, 1.165) is 24.1 Å². The van der Waals surface area contributed by atoms with Gasteiger partial charge in [-0.1, -0.05) is 12.1 Å². The molecule has 1 aliphatic rings. The van der Waals surface area contributed by atoms with Gasteiger partial charge >= 0.3 is 0 Å². The fraction of sp³-hybridized carbons (Fsp3) is 0.235. The fourth-order valence-corrected chi connectivity index (χ4v) is 2.79. The van der Waals surface area contributed by atoms with Crippen LogP contribution in [0.2, 0.25) is 0 Å². The number of hydrogen-bond acceptors (Lipinski definition) is 2. The van der Waals surface area contributed by atoms with E-state index in [4.69, 9.17) is 5.73 Å². The highest BCUT2D eigenvalue weighted by atomic mass is 19.1. The molecular formula is C17H17FN2O. The normalized spacial score (nSPS) is 13.9. The van der Waals surface area contributed by atoms with Gasteiger partial charge < -0.3 is 10.6 Å². The maximum absolute atomic E-state index is 13.2. The number of nitrogen functional groups attached to an aromatic ring is 1. The molecule has 0 saturated heterocycles. The minimum atomic E-state index is -0.313. The van der Waals surface area contributed by atoms with E-state index in [1.807, 2.05) is 18.2 Å². The summed E-state index contributed by atoms with van der Waals surface area (Å²) >= 11 is 0. The Morgan fingerprint density at radius 1 is 1.24 bits per heavy atom. The average Bonchev–Trinajstić information content (AvgIpc) is 2.46. The minimum absolute atomic E-state index is 0.00804. The van der Waals surface area contributed by atoms with Crippen LogP contribution >= 0.6 is 0 Å². The number of benzene rings is 2. The predicted octanol–water partition coefficient (Wildman–Crippen LogP) is 2.93. The van der Waals surface area contributed by atoms with E-state index < -0.39 is 0 Å². The molecule has 0 saturated carbocycles. The van der Waals surface area contributed by atoms with Crippen molar-refractivity contribution in [1.82, 2.24) is 0 Å². The molecule has 0 atom stereocenters. The van der Waals surface area contributed by atoms with Crippen LogP contribution in [0, 0.1) is 5.82 Å². The first-order chi connectivity index (χ1) is 10.1. The zero-order valence-electron chi connectivity index (χ0n) is 11.7. The molecule has 2 N–H and O–H groups in total. The highest BCUT2D eigenvalue weighted by Crippen LogP contribution is 2.29. The molecule has 21 heavy (non-hydrogen) atoms. The van der Waals surface area contributed by atoms with Gasteiger partial charge in [0.15, 0.2) is 0 Å². The summed E-state index contributed by atoms with van der Waals surface area (Å²) in [5.74, 6) is -0.321. The third-order valence-corrected chi connectivity index (χ3v) is 3.77. The van der Waals surface area contributed by atoms with Crippen LogP contribution in [-0.2, 0) is 17.6 Å². The Labute approximate surface area is 123 Å². The van der Waals surface area contributed by atoms with Gasteiger partial charge in [-0.25, -0.2) is 4.39 Å². The molecule has 4 heteroatoms. The summed E-state index contributed by atoms with van der Waals surface area (Å²) in [5.41, 5.74) is 9.24. The lowest BCUT2D eigenvalue weighted by molar-refractivity contribution is -0.118. The Hall–Kier alpha value is -2.36. The second-order valence-corrected chi connectivity index (χ2v) is 5.34. The van der Waals surface area contributed by atoms with E-state index in [1.165, 1.54) is 12.1 Å². The van der Waals surface area contributed by atoms with Crippen LogP contribution in [0.3, 0.4) is 0 Å². The highest BCUT2D eigenvalue weighted by molar-refractivity contribution is 5.96. The van der Waals surface area contributed by atoms with Gasteiger partial charge in [-0.3, -0.25) is 4.79 Å². The highest BCUT2D eigenvalue weighted by Gasteiger charge is 2.22. The van der Waals surface area contributed by atoms with E-state index in [-0.39, 0.29) is 18.1 Å². The number of nitrogens with zero attached hydrogens (tertiary/aromatic N) is 1. The van der Waals surface area contributed by atoms with Gasteiger partial charge in [0.25, 0.3) is 0 Å². The van der Waals surface area contributed by atoms with Crippen molar-refractivity contribution in [2.45, 2.75) is 19.3 Å². The van der Waals surface area contributed by atoms with Crippen LogP contribution in [0.15, 0.2) is 42.5 Å². The lowest BCUT2D eigenvalue weighted by Gasteiger charge is -2.29. The lowest BCUT2D eigenvalue weighted by Crippen LogP contribution is -2.36. The molecule has 3 nitrogen and oxygen atoms in total. The summed E-state index contributed by atoms with van der Waals surface area (Å²) in [6.45, 7) is 0.699. The molecule has 0 aliphatic carbocycles. The Morgan fingerprint density at radius 2 is 2.10 bits per heavy atom. The molecule has 3 rings (SSSR count). The average molecular weight is 284 g/mol. The molecule has 0 radical (unpaired) electrons. The van der Waals surface area contributed by atoms with Crippen LogP contribution in [0.4, 0.5) is 15.8 Å². The third kappa shape index (κ3) is 2.89. The largest absolute Gasteiger partial charge is 0.399 e. The first-order valence-corrected chi connectivity index (χ1v) is 7.07. The van der Waals surface area contributed by atoms with Gasteiger partial charge in [0, 0.05) is 17.9 Å². The smallest absolute Gasteiger partial charge is 0.231 e. The minimum Gasteiger partial charge on any atom is -0.399 e. The van der Waals surface area contributed by atoms with Crippen molar-refractivity contribution in [3.8, 4) is 0 Å². The zero-order valence-corrected chi connectivity index (χ0v) is 11.7. The molecule has 1 amide bonds. The van der Waals surface area contributed by atoms with E-state index >= 15 is 0 Å².